The van der Waals surface area contributed by atoms with Crippen LogP contribution in [0.1, 0.15) is 22.5 Å². The Hall–Kier alpha value is -1.83. The van der Waals surface area contributed by atoms with Crippen LogP contribution < -0.4 is 0 Å². The summed E-state index contributed by atoms with van der Waals surface area (Å²) >= 11 is 4.95. The van der Waals surface area contributed by atoms with Gasteiger partial charge in [0.25, 0.3) is 11.7 Å². The first-order valence-electron chi connectivity index (χ1n) is 3.70. The SMILES string of the molecule is O=C(Cl)c1c(C(F)F)ncc(O)c1[N+](=O)[O-]. The molecule has 0 unspecified atom stereocenters. The Kier molecular flexibility index (Phi) is 3.33. The second-order valence-electron chi connectivity index (χ2n) is 2.58. The Bertz CT molecular complexity index is 466. The van der Waals surface area contributed by atoms with E-state index in [1.807, 2.05) is 0 Å². The van der Waals surface area contributed by atoms with Crippen molar-refractivity contribution in [2.75, 3.05) is 0 Å². The second kappa shape index (κ2) is 4.35. The van der Waals surface area contributed by atoms with E-state index in [2.05, 4.69) is 4.98 Å². The number of carbonyl (C=O) groups excluding carboxylic acids is 1. The van der Waals surface area contributed by atoms with Crippen molar-refractivity contribution < 1.29 is 23.6 Å². The maximum Gasteiger partial charge on any atom is 0.326 e. The van der Waals surface area contributed by atoms with Crippen LogP contribution in [-0.2, 0) is 0 Å². The molecule has 0 aliphatic rings. The zero-order chi connectivity index (χ0) is 12.5. The van der Waals surface area contributed by atoms with Gasteiger partial charge in [0.15, 0.2) is 0 Å². The van der Waals surface area contributed by atoms with Crippen LogP contribution in [-0.4, -0.2) is 20.3 Å². The van der Waals surface area contributed by atoms with E-state index in [4.69, 9.17) is 16.7 Å². The van der Waals surface area contributed by atoms with Crippen molar-refractivity contribution in [1.82, 2.24) is 4.98 Å². The lowest BCUT2D eigenvalue weighted by atomic mass is 10.1. The number of nitrogens with zero attached hydrogens (tertiary/aromatic N) is 2. The molecule has 1 N–H and O–H groups in total. The molecule has 0 saturated carbocycles. The lowest BCUT2D eigenvalue weighted by Gasteiger charge is -2.05. The highest BCUT2D eigenvalue weighted by molar-refractivity contribution is 6.68. The van der Waals surface area contributed by atoms with Crippen LogP contribution in [0.5, 0.6) is 5.75 Å². The lowest BCUT2D eigenvalue weighted by molar-refractivity contribution is -0.386. The fraction of sp³-hybridized carbons (Fsp3) is 0.143. The predicted octanol–water partition coefficient (Wildman–Crippen LogP) is 2.01. The second-order valence-corrected chi connectivity index (χ2v) is 2.93. The first kappa shape index (κ1) is 12.2. The van der Waals surface area contributed by atoms with Crippen LogP contribution in [0.15, 0.2) is 6.20 Å². The quantitative estimate of drug-likeness (QED) is 0.504. The van der Waals surface area contributed by atoms with E-state index in [0.29, 0.717) is 6.20 Å². The van der Waals surface area contributed by atoms with E-state index in [-0.39, 0.29) is 0 Å². The number of rotatable bonds is 3. The molecule has 0 fully saturated rings. The van der Waals surface area contributed by atoms with E-state index in [1.165, 1.54) is 0 Å². The average molecular weight is 253 g/mol. The zero-order valence-electron chi connectivity index (χ0n) is 7.35. The molecule has 86 valence electrons. The highest BCUT2D eigenvalue weighted by atomic mass is 35.5. The van der Waals surface area contributed by atoms with E-state index >= 15 is 0 Å². The zero-order valence-corrected chi connectivity index (χ0v) is 8.11. The van der Waals surface area contributed by atoms with Crippen LogP contribution in [0.4, 0.5) is 14.5 Å². The van der Waals surface area contributed by atoms with Gasteiger partial charge in [-0.3, -0.25) is 19.9 Å². The monoisotopic (exact) mass is 252 g/mol. The molecule has 6 nitrogen and oxygen atoms in total. The van der Waals surface area contributed by atoms with Crippen molar-refractivity contribution in [1.29, 1.82) is 0 Å². The molecular formula is C7H3ClF2N2O4. The smallest absolute Gasteiger partial charge is 0.326 e. The van der Waals surface area contributed by atoms with Gasteiger partial charge in [-0.15, -0.1) is 0 Å². The van der Waals surface area contributed by atoms with Gasteiger partial charge in [-0.1, -0.05) is 0 Å². The molecule has 16 heavy (non-hydrogen) atoms. The van der Waals surface area contributed by atoms with Gasteiger partial charge in [-0.25, -0.2) is 8.78 Å². The molecule has 1 aromatic heterocycles. The van der Waals surface area contributed by atoms with Gasteiger partial charge in [0.1, 0.15) is 11.3 Å². The maximum absolute atomic E-state index is 12.4. The van der Waals surface area contributed by atoms with Crippen LogP contribution in [0.2, 0.25) is 0 Å². The normalized spacial score (nSPS) is 10.5. The Morgan fingerprint density at radius 2 is 2.19 bits per heavy atom. The van der Waals surface area contributed by atoms with E-state index < -0.39 is 39.3 Å². The van der Waals surface area contributed by atoms with Crippen molar-refractivity contribution in [3.8, 4) is 5.75 Å². The summed E-state index contributed by atoms with van der Waals surface area (Å²) in [4.78, 5) is 23.2. The number of pyridine rings is 1. The number of nitro groups is 1. The number of aromatic nitrogens is 1. The van der Waals surface area contributed by atoms with Crippen LogP contribution in [0, 0.1) is 10.1 Å². The number of alkyl halides is 2. The van der Waals surface area contributed by atoms with Gasteiger partial charge in [0.05, 0.1) is 11.1 Å². The molecular weight excluding hydrogens is 250 g/mol. The van der Waals surface area contributed by atoms with Crippen molar-refractivity contribution in [3.63, 3.8) is 0 Å². The van der Waals surface area contributed by atoms with Gasteiger partial charge in [-0.2, -0.15) is 0 Å². The third kappa shape index (κ3) is 2.06. The van der Waals surface area contributed by atoms with Crippen molar-refractivity contribution in [2.45, 2.75) is 6.43 Å². The molecule has 0 bridgehead atoms. The van der Waals surface area contributed by atoms with Gasteiger partial charge in [0.2, 0.25) is 5.75 Å². The lowest BCUT2D eigenvalue weighted by Crippen LogP contribution is -2.06. The molecule has 0 spiro atoms. The number of hydrogen-bond donors (Lipinski definition) is 1. The molecule has 1 rings (SSSR count). The molecule has 1 aromatic rings. The minimum atomic E-state index is -3.21. The highest BCUT2D eigenvalue weighted by Crippen LogP contribution is 2.35. The van der Waals surface area contributed by atoms with E-state index in [9.17, 15) is 23.7 Å². The molecule has 0 amide bonds. The summed E-state index contributed by atoms with van der Waals surface area (Å²) in [6.45, 7) is 0. The highest BCUT2D eigenvalue weighted by Gasteiger charge is 2.32. The third-order valence-electron chi connectivity index (χ3n) is 1.65. The fourth-order valence-electron chi connectivity index (χ4n) is 1.05. The first-order chi connectivity index (χ1) is 7.36. The summed E-state index contributed by atoms with van der Waals surface area (Å²) in [5.41, 5.74) is -3.41. The van der Waals surface area contributed by atoms with Gasteiger partial charge in [0, 0.05) is 0 Å². The number of hydrogen-bond acceptors (Lipinski definition) is 5. The maximum atomic E-state index is 12.4. The summed E-state index contributed by atoms with van der Waals surface area (Å²) in [6, 6.07) is 0. The summed E-state index contributed by atoms with van der Waals surface area (Å²) < 4.78 is 24.8. The Morgan fingerprint density at radius 3 is 2.56 bits per heavy atom. The summed E-state index contributed by atoms with van der Waals surface area (Å²) in [7, 11) is 0. The number of aromatic hydroxyl groups is 1. The molecule has 1 heterocycles. The standard InChI is InChI=1S/C7H3ClF2N2O4/c8-6(14)3-4(7(9)10)11-1-2(13)5(3)12(15)16/h1,7,13H. The van der Waals surface area contributed by atoms with Crippen molar-refractivity contribution >= 4 is 22.5 Å². The Morgan fingerprint density at radius 1 is 1.62 bits per heavy atom. The van der Waals surface area contributed by atoms with Gasteiger partial charge in [-0.05, 0) is 11.6 Å². The van der Waals surface area contributed by atoms with E-state index in [1.54, 1.807) is 0 Å². The summed E-state index contributed by atoms with van der Waals surface area (Å²) in [5, 5.41) is 18.1. The van der Waals surface area contributed by atoms with Gasteiger partial charge < -0.3 is 5.11 Å². The summed E-state index contributed by atoms with van der Waals surface area (Å²) in [5.74, 6) is -1.00. The molecule has 0 aromatic carbocycles. The van der Waals surface area contributed by atoms with Crippen LogP contribution in [0.3, 0.4) is 0 Å². The minimum Gasteiger partial charge on any atom is -0.501 e. The van der Waals surface area contributed by atoms with E-state index in [0.717, 1.165) is 0 Å². The topological polar surface area (TPSA) is 93.3 Å². The molecule has 0 atom stereocenters. The Labute approximate surface area is 91.6 Å². The number of halogens is 3. The number of carbonyl (C=O) groups is 1. The van der Waals surface area contributed by atoms with Crippen LogP contribution >= 0.6 is 11.6 Å². The fourth-order valence-corrected chi connectivity index (χ4v) is 1.24. The van der Waals surface area contributed by atoms with Crippen LogP contribution in [0.25, 0.3) is 0 Å². The molecule has 9 heteroatoms. The Balaban J connectivity index is 3.63. The van der Waals surface area contributed by atoms with Gasteiger partial charge >= 0.3 is 5.69 Å². The molecule has 0 radical (unpaired) electrons. The molecule has 0 aliphatic heterocycles. The third-order valence-corrected chi connectivity index (χ3v) is 1.84. The first-order valence-corrected chi connectivity index (χ1v) is 4.08. The summed E-state index contributed by atoms with van der Waals surface area (Å²) in [6.07, 6.45) is -2.75. The minimum absolute atomic E-state index is 0.461. The van der Waals surface area contributed by atoms with Crippen molar-refractivity contribution in [3.05, 3.63) is 27.6 Å². The molecule has 0 saturated heterocycles. The largest absolute Gasteiger partial charge is 0.501 e. The van der Waals surface area contributed by atoms with Crippen molar-refractivity contribution in [2.24, 2.45) is 0 Å². The predicted molar refractivity (Wildman–Crippen MR) is 47.7 cm³/mol. The molecule has 0 aliphatic carbocycles. The average Bonchev–Trinajstić information content (AvgIpc) is 2.15.